The van der Waals surface area contributed by atoms with Crippen molar-refractivity contribution in [3.05, 3.63) is 16.1 Å². The van der Waals surface area contributed by atoms with Crippen LogP contribution < -0.4 is 11.1 Å². The van der Waals surface area contributed by atoms with Gasteiger partial charge in [-0.2, -0.15) is 0 Å². The van der Waals surface area contributed by atoms with Gasteiger partial charge in [0.25, 0.3) is 0 Å². The third-order valence-electron chi connectivity index (χ3n) is 3.17. The Balaban J connectivity index is 2.23. The van der Waals surface area contributed by atoms with Crippen LogP contribution in [-0.2, 0) is 11.8 Å². The summed E-state index contributed by atoms with van der Waals surface area (Å²) in [5.74, 6) is 0.553. The molecule has 0 amide bonds. The van der Waals surface area contributed by atoms with E-state index in [2.05, 4.69) is 48.4 Å². The molecule has 5 heteroatoms. The van der Waals surface area contributed by atoms with Gasteiger partial charge in [-0.1, -0.05) is 47.0 Å². The van der Waals surface area contributed by atoms with E-state index in [9.17, 15) is 0 Å². The van der Waals surface area contributed by atoms with E-state index >= 15 is 0 Å². The van der Waals surface area contributed by atoms with Crippen molar-refractivity contribution < 1.29 is 0 Å². The van der Waals surface area contributed by atoms with Crippen LogP contribution in [-0.4, -0.2) is 24.0 Å². The van der Waals surface area contributed by atoms with Crippen LogP contribution >= 0.6 is 11.3 Å². The molecule has 3 N–H and O–H groups in total. The monoisotopic (exact) mass is 310 g/mol. The highest BCUT2D eigenvalue weighted by Gasteiger charge is 2.17. The first-order valence-corrected chi connectivity index (χ1v) is 8.80. The minimum absolute atomic E-state index is 0.134. The average Bonchev–Trinajstić information content (AvgIpc) is 2.87. The fourth-order valence-corrected chi connectivity index (χ4v) is 2.82. The molecule has 4 nitrogen and oxygen atoms in total. The number of guanidine groups is 1. The van der Waals surface area contributed by atoms with Crippen molar-refractivity contribution >= 4 is 17.3 Å². The van der Waals surface area contributed by atoms with Crippen LogP contribution in [0.5, 0.6) is 0 Å². The number of nitrogens with zero attached hydrogens (tertiary/aromatic N) is 2. The topological polar surface area (TPSA) is 63.3 Å². The van der Waals surface area contributed by atoms with E-state index in [0.717, 1.165) is 31.6 Å². The fraction of sp³-hybridized carbons (Fsp3) is 0.750. The minimum Gasteiger partial charge on any atom is -0.370 e. The second kappa shape index (κ2) is 9.03. The molecule has 0 spiro atoms. The number of nitrogens with one attached hydrogen (secondary N) is 1. The first-order chi connectivity index (χ1) is 9.93. The SMILES string of the molecule is CCCCCCN=C(N)NCCc1csc(C(C)(C)C)n1. The van der Waals surface area contributed by atoms with Crippen molar-refractivity contribution in [1.82, 2.24) is 10.3 Å². The van der Waals surface area contributed by atoms with E-state index in [1.54, 1.807) is 11.3 Å². The highest BCUT2D eigenvalue weighted by molar-refractivity contribution is 7.09. The quantitative estimate of drug-likeness (QED) is 0.439. The molecule has 0 atom stereocenters. The van der Waals surface area contributed by atoms with Gasteiger partial charge in [0, 0.05) is 30.3 Å². The molecule has 0 saturated heterocycles. The zero-order chi connectivity index (χ0) is 15.7. The standard InChI is InChI=1S/C16H30N4S/c1-5-6-7-8-10-18-15(17)19-11-9-13-12-21-14(20-13)16(2,3)4/h12H,5-11H2,1-4H3,(H3,17,18,19). The molecule has 21 heavy (non-hydrogen) atoms. The first kappa shape index (κ1) is 18.0. The maximum atomic E-state index is 5.85. The maximum absolute atomic E-state index is 5.85. The lowest BCUT2D eigenvalue weighted by Crippen LogP contribution is -2.33. The van der Waals surface area contributed by atoms with Gasteiger partial charge >= 0.3 is 0 Å². The van der Waals surface area contributed by atoms with Crippen LogP contribution in [0.3, 0.4) is 0 Å². The molecule has 0 saturated carbocycles. The third kappa shape index (κ3) is 7.46. The van der Waals surface area contributed by atoms with E-state index in [0.29, 0.717) is 5.96 Å². The lowest BCUT2D eigenvalue weighted by molar-refractivity contribution is 0.582. The molecular formula is C16H30N4S. The molecule has 1 aromatic rings. The molecular weight excluding hydrogens is 280 g/mol. The molecule has 0 unspecified atom stereocenters. The minimum atomic E-state index is 0.134. The third-order valence-corrected chi connectivity index (χ3v) is 4.49. The van der Waals surface area contributed by atoms with Crippen LogP contribution in [0.1, 0.15) is 64.1 Å². The largest absolute Gasteiger partial charge is 0.370 e. The Kier molecular flexibility index (Phi) is 7.72. The van der Waals surface area contributed by atoms with E-state index < -0.39 is 0 Å². The first-order valence-electron chi connectivity index (χ1n) is 7.92. The number of aliphatic imine (C=N–C) groups is 1. The lowest BCUT2D eigenvalue weighted by Gasteiger charge is -2.13. The predicted molar refractivity (Wildman–Crippen MR) is 93.2 cm³/mol. The summed E-state index contributed by atoms with van der Waals surface area (Å²) >= 11 is 1.74. The molecule has 0 aliphatic carbocycles. The fourth-order valence-electron chi connectivity index (χ4n) is 1.88. The molecule has 1 aromatic heterocycles. The molecule has 0 aliphatic heterocycles. The summed E-state index contributed by atoms with van der Waals surface area (Å²) in [7, 11) is 0. The highest BCUT2D eigenvalue weighted by Crippen LogP contribution is 2.25. The van der Waals surface area contributed by atoms with Gasteiger partial charge in [-0.3, -0.25) is 4.99 Å². The number of hydrogen-bond donors (Lipinski definition) is 2. The number of nitrogens with two attached hydrogens (primary N) is 1. The van der Waals surface area contributed by atoms with Crippen molar-refractivity contribution in [2.24, 2.45) is 10.7 Å². The predicted octanol–water partition coefficient (Wildman–Crippen LogP) is 3.47. The van der Waals surface area contributed by atoms with E-state index in [1.165, 1.54) is 24.3 Å². The van der Waals surface area contributed by atoms with Gasteiger partial charge in [0.2, 0.25) is 0 Å². The second-order valence-electron chi connectivity index (χ2n) is 6.40. The lowest BCUT2D eigenvalue weighted by atomic mass is 9.98. The van der Waals surface area contributed by atoms with E-state index in [4.69, 9.17) is 5.73 Å². The summed E-state index contributed by atoms with van der Waals surface area (Å²) in [6, 6.07) is 0. The Hall–Kier alpha value is -1.10. The summed E-state index contributed by atoms with van der Waals surface area (Å²) in [4.78, 5) is 9.01. The molecule has 0 fully saturated rings. The van der Waals surface area contributed by atoms with Crippen molar-refractivity contribution in [2.45, 2.75) is 65.2 Å². The number of rotatable bonds is 8. The highest BCUT2D eigenvalue weighted by atomic mass is 32.1. The summed E-state index contributed by atoms with van der Waals surface area (Å²) in [6.45, 7) is 10.4. The molecule has 0 bridgehead atoms. The Labute approximate surface area is 133 Å². The Morgan fingerprint density at radius 1 is 1.33 bits per heavy atom. The summed E-state index contributed by atoms with van der Waals surface area (Å²) in [5.41, 5.74) is 7.11. The molecule has 0 radical (unpaired) electrons. The van der Waals surface area contributed by atoms with Crippen LogP contribution in [0.4, 0.5) is 0 Å². The normalized spacial score (nSPS) is 12.7. The summed E-state index contributed by atoms with van der Waals surface area (Å²) in [6.07, 6.45) is 5.78. The Morgan fingerprint density at radius 3 is 2.71 bits per heavy atom. The molecule has 0 aliphatic rings. The van der Waals surface area contributed by atoms with Gasteiger partial charge in [-0.15, -0.1) is 11.3 Å². The van der Waals surface area contributed by atoms with Gasteiger partial charge in [-0.25, -0.2) is 4.98 Å². The van der Waals surface area contributed by atoms with Gasteiger partial charge < -0.3 is 11.1 Å². The second-order valence-corrected chi connectivity index (χ2v) is 7.26. The Bertz CT molecular complexity index is 432. The number of hydrogen-bond acceptors (Lipinski definition) is 3. The molecule has 120 valence electrons. The van der Waals surface area contributed by atoms with Crippen LogP contribution in [0, 0.1) is 0 Å². The smallest absolute Gasteiger partial charge is 0.188 e. The van der Waals surface area contributed by atoms with Crippen molar-refractivity contribution in [3.63, 3.8) is 0 Å². The van der Waals surface area contributed by atoms with Crippen molar-refractivity contribution in [2.75, 3.05) is 13.1 Å². The molecule has 1 rings (SSSR count). The average molecular weight is 311 g/mol. The van der Waals surface area contributed by atoms with Crippen molar-refractivity contribution in [3.8, 4) is 0 Å². The molecule has 1 heterocycles. The zero-order valence-corrected chi connectivity index (χ0v) is 14.7. The van der Waals surface area contributed by atoms with Gasteiger partial charge in [0.05, 0.1) is 10.7 Å². The summed E-state index contributed by atoms with van der Waals surface area (Å²) in [5, 5.41) is 6.49. The number of aromatic nitrogens is 1. The number of unbranched alkanes of at least 4 members (excludes halogenated alkanes) is 3. The molecule has 0 aromatic carbocycles. The van der Waals surface area contributed by atoms with E-state index in [-0.39, 0.29) is 5.41 Å². The van der Waals surface area contributed by atoms with Crippen LogP contribution in [0.25, 0.3) is 0 Å². The van der Waals surface area contributed by atoms with Crippen LogP contribution in [0.2, 0.25) is 0 Å². The van der Waals surface area contributed by atoms with Crippen LogP contribution in [0.15, 0.2) is 10.4 Å². The zero-order valence-electron chi connectivity index (χ0n) is 13.9. The van der Waals surface area contributed by atoms with E-state index in [1.807, 2.05) is 0 Å². The van der Waals surface area contributed by atoms with Gasteiger partial charge in [0.1, 0.15) is 0 Å². The number of thiazole rings is 1. The van der Waals surface area contributed by atoms with Gasteiger partial charge in [-0.05, 0) is 6.42 Å². The van der Waals surface area contributed by atoms with Gasteiger partial charge in [0.15, 0.2) is 5.96 Å². The summed E-state index contributed by atoms with van der Waals surface area (Å²) < 4.78 is 0. The Morgan fingerprint density at radius 2 is 2.10 bits per heavy atom. The maximum Gasteiger partial charge on any atom is 0.188 e. The van der Waals surface area contributed by atoms with Crippen molar-refractivity contribution in [1.29, 1.82) is 0 Å².